The zero-order chi connectivity index (χ0) is 15.0. The molecule has 0 fully saturated rings. The number of nitro groups is 1. The average molecular weight is 319 g/mol. The molecule has 1 N–H and O–H groups in total. The van der Waals surface area contributed by atoms with Crippen LogP contribution in [-0.4, -0.2) is 22.1 Å². The van der Waals surface area contributed by atoms with E-state index in [-0.39, 0.29) is 11.6 Å². The lowest BCUT2D eigenvalue weighted by molar-refractivity contribution is -0.385. The molecular formula is C13H9N3O3S2. The molecule has 1 aliphatic rings. The van der Waals surface area contributed by atoms with Gasteiger partial charge in [-0.25, -0.2) is 4.98 Å². The zero-order valence-electron chi connectivity index (χ0n) is 10.8. The van der Waals surface area contributed by atoms with Crippen molar-refractivity contribution in [3.05, 3.63) is 44.3 Å². The molecule has 0 atom stereocenters. The second-order valence-corrected chi connectivity index (χ2v) is 6.07. The van der Waals surface area contributed by atoms with Gasteiger partial charge in [0.05, 0.1) is 10.5 Å². The minimum Gasteiger partial charge on any atom is -0.306 e. The van der Waals surface area contributed by atoms with Gasteiger partial charge in [-0.15, -0.1) is 23.1 Å². The van der Waals surface area contributed by atoms with E-state index in [0.717, 1.165) is 16.0 Å². The Kier molecular flexibility index (Phi) is 3.48. The van der Waals surface area contributed by atoms with Crippen molar-refractivity contribution >= 4 is 52.2 Å². The number of carbonyl (C=O) groups excluding carboxylic acids is 1. The first kappa shape index (κ1) is 13.8. The van der Waals surface area contributed by atoms with Crippen LogP contribution < -0.4 is 5.32 Å². The van der Waals surface area contributed by atoms with E-state index in [1.165, 1.54) is 17.4 Å². The molecule has 3 rings (SSSR count). The van der Waals surface area contributed by atoms with Crippen molar-refractivity contribution in [1.29, 1.82) is 0 Å². The molecule has 106 valence electrons. The Balaban J connectivity index is 2.06. The first-order chi connectivity index (χ1) is 10.1. The number of rotatable bonds is 3. The molecule has 0 unspecified atom stereocenters. The molecule has 3 heterocycles. The van der Waals surface area contributed by atoms with Gasteiger partial charge in [0.25, 0.3) is 11.6 Å². The highest BCUT2D eigenvalue weighted by atomic mass is 32.2. The number of aromatic nitrogens is 1. The number of pyridine rings is 1. The van der Waals surface area contributed by atoms with Crippen molar-refractivity contribution in [3.8, 4) is 0 Å². The minimum absolute atomic E-state index is 0.132. The molecule has 2 aromatic rings. The smallest absolute Gasteiger partial charge is 0.288 e. The third-order valence-electron chi connectivity index (χ3n) is 2.97. The lowest BCUT2D eigenvalue weighted by Gasteiger charge is -1.97. The van der Waals surface area contributed by atoms with E-state index in [0.29, 0.717) is 17.0 Å². The number of hydrogen-bond acceptors (Lipinski definition) is 6. The summed E-state index contributed by atoms with van der Waals surface area (Å²) in [7, 11) is 0. The fourth-order valence-electron chi connectivity index (χ4n) is 1.96. The van der Waals surface area contributed by atoms with Gasteiger partial charge in [0.1, 0.15) is 12.0 Å². The number of thioether (sulfide) groups is 1. The zero-order valence-corrected chi connectivity index (χ0v) is 12.5. The van der Waals surface area contributed by atoms with Crippen molar-refractivity contribution in [2.45, 2.75) is 4.90 Å². The SMILES string of the molecule is CSc1csc(C=C2C(=O)Nc3ncc([N+](=O)[O-])cc32)c1. The molecule has 8 heteroatoms. The van der Waals surface area contributed by atoms with Crippen molar-refractivity contribution in [2.75, 3.05) is 11.6 Å². The lowest BCUT2D eigenvalue weighted by atomic mass is 10.1. The van der Waals surface area contributed by atoms with Crippen LogP contribution in [-0.2, 0) is 4.79 Å². The van der Waals surface area contributed by atoms with Gasteiger partial charge in [0.2, 0.25) is 0 Å². The maximum Gasteiger partial charge on any atom is 0.288 e. The predicted octanol–water partition coefficient (Wildman–Crippen LogP) is 3.27. The molecule has 0 bridgehead atoms. The number of carbonyl (C=O) groups is 1. The van der Waals surface area contributed by atoms with Crippen molar-refractivity contribution < 1.29 is 9.72 Å². The fourth-order valence-corrected chi connectivity index (χ4v) is 3.51. The van der Waals surface area contributed by atoms with Crippen molar-refractivity contribution in [2.24, 2.45) is 0 Å². The van der Waals surface area contributed by atoms with Gasteiger partial charge < -0.3 is 5.32 Å². The number of fused-ring (bicyclic) bond motifs is 1. The molecule has 1 amide bonds. The number of thiophene rings is 1. The van der Waals surface area contributed by atoms with Crippen LogP contribution in [0.15, 0.2) is 28.6 Å². The molecule has 0 saturated heterocycles. The molecular weight excluding hydrogens is 310 g/mol. The normalized spacial score (nSPS) is 15.1. The Morgan fingerprint density at radius 2 is 2.29 bits per heavy atom. The van der Waals surface area contributed by atoms with Crippen LogP contribution >= 0.6 is 23.1 Å². The standard InChI is InChI=1S/C13H9N3O3S2/c1-20-9-3-8(21-6-9)4-11-10-2-7(16(18)19)5-14-12(10)15-13(11)17/h2-6H,1H3,(H,14,15,17). The number of nitrogens with zero attached hydrogens (tertiary/aromatic N) is 2. The van der Waals surface area contributed by atoms with Crippen LogP contribution in [0.25, 0.3) is 11.6 Å². The van der Waals surface area contributed by atoms with Gasteiger partial charge in [-0.1, -0.05) is 0 Å². The lowest BCUT2D eigenvalue weighted by Crippen LogP contribution is -2.04. The molecule has 2 aromatic heterocycles. The molecule has 21 heavy (non-hydrogen) atoms. The molecule has 0 aliphatic carbocycles. The third kappa shape index (κ3) is 2.55. The van der Waals surface area contributed by atoms with E-state index < -0.39 is 4.92 Å². The van der Waals surface area contributed by atoms with E-state index in [1.807, 2.05) is 17.7 Å². The van der Waals surface area contributed by atoms with Gasteiger partial charge in [-0.3, -0.25) is 14.9 Å². The summed E-state index contributed by atoms with van der Waals surface area (Å²) in [6, 6.07) is 3.34. The maximum atomic E-state index is 12.0. The average Bonchev–Trinajstić information content (AvgIpc) is 3.04. The second kappa shape index (κ2) is 5.30. The van der Waals surface area contributed by atoms with Gasteiger partial charge in [0.15, 0.2) is 0 Å². The summed E-state index contributed by atoms with van der Waals surface area (Å²) in [6.07, 6.45) is 4.85. The fraction of sp³-hybridized carbons (Fsp3) is 0.0769. The molecule has 6 nitrogen and oxygen atoms in total. The molecule has 0 saturated carbocycles. The molecule has 0 spiro atoms. The van der Waals surface area contributed by atoms with Crippen molar-refractivity contribution in [3.63, 3.8) is 0 Å². The van der Waals surface area contributed by atoms with E-state index in [9.17, 15) is 14.9 Å². The summed E-state index contributed by atoms with van der Waals surface area (Å²) in [5.74, 6) is 0.0654. The quantitative estimate of drug-likeness (QED) is 0.406. The minimum atomic E-state index is -0.523. The highest BCUT2D eigenvalue weighted by Crippen LogP contribution is 2.35. The Morgan fingerprint density at radius 1 is 1.48 bits per heavy atom. The van der Waals surface area contributed by atoms with Crippen LogP contribution in [0.5, 0.6) is 0 Å². The van der Waals surface area contributed by atoms with Gasteiger partial charge >= 0.3 is 0 Å². The Bertz CT molecular complexity index is 783. The van der Waals surface area contributed by atoms with Crippen molar-refractivity contribution in [1.82, 2.24) is 4.98 Å². The third-order valence-corrected chi connectivity index (χ3v) is 4.70. The number of anilines is 1. The van der Waals surface area contributed by atoms with Gasteiger partial charge in [-0.2, -0.15) is 0 Å². The maximum absolute atomic E-state index is 12.0. The number of hydrogen-bond donors (Lipinski definition) is 1. The summed E-state index contributed by atoms with van der Waals surface area (Å²) in [6.45, 7) is 0. The summed E-state index contributed by atoms with van der Waals surface area (Å²) in [5, 5.41) is 15.4. The first-order valence-electron chi connectivity index (χ1n) is 5.89. The first-order valence-corrected chi connectivity index (χ1v) is 7.99. The molecule has 1 aliphatic heterocycles. The van der Waals surface area contributed by atoms with E-state index >= 15 is 0 Å². The van der Waals surface area contributed by atoms with Crippen LogP contribution in [0.4, 0.5) is 11.5 Å². The van der Waals surface area contributed by atoms with Gasteiger partial charge in [-0.05, 0) is 18.4 Å². The van der Waals surface area contributed by atoms with Crippen LogP contribution in [0.1, 0.15) is 10.4 Å². The van der Waals surface area contributed by atoms with Crippen LogP contribution in [0.3, 0.4) is 0 Å². The largest absolute Gasteiger partial charge is 0.306 e. The highest BCUT2D eigenvalue weighted by Gasteiger charge is 2.27. The second-order valence-electron chi connectivity index (χ2n) is 4.25. The molecule has 0 radical (unpaired) electrons. The van der Waals surface area contributed by atoms with E-state index in [2.05, 4.69) is 10.3 Å². The number of nitrogens with one attached hydrogen (secondary N) is 1. The number of amides is 1. The van der Waals surface area contributed by atoms with Crippen LogP contribution in [0.2, 0.25) is 0 Å². The Labute approximate surface area is 128 Å². The van der Waals surface area contributed by atoms with E-state index in [1.54, 1.807) is 17.8 Å². The summed E-state index contributed by atoms with van der Waals surface area (Å²) < 4.78 is 0. The van der Waals surface area contributed by atoms with E-state index in [4.69, 9.17) is 0 Å². The summed E-state index contributed by atoms with van der Waals surface area (Å²) >= 11 is 3.14. The Morgan fingerprint density at radius 3 is 2.95 bits per heavy atom. The Hall–Kier alpha value is -2.19. The van der Waals surface area contributed by atoms with Gasteiger partial charge in [0, 0.05) is 26.8 Å². The molecule has 0 aromatic carbocycles. The summed E-state index contributed by atoms with van der Waals surface area (Å²) in [4.78, 5) is 28.3. The predicted molar refractivity (Wildman–Crippen MR) is 83.5 cm³/mol. The highest BCUT2D eigenvalue weighted by molar-refractivity contribution is 7.98. The topological polar surface area (TPSA) is 85.1 Å². The monoisotopic (exact) mass is 319 g/mol. The summed E-state index contributed by atoms with van der Waals surface area (Å²) in [5.41, 5.74) is 0.733. The van der Waals surface area contributed by atoms with Crippen LogP contribution in [0, 0.1) is 10.1 Å².